The Morgan fingerprint density at radius 1 is 0.941 bits per heavy atom. The van der Waals surface area contributed by atoms with Gasteiger partial charge < -0.3 is 0 Å². The fraction of sp³-hybridized carbons (Fsp3) is 0.667. The van der Waals surface area contributed by atoms with Crippen molar-refractivity contribution < 1.29 is 8.42 Å². The number of sulfonamides is 1. The molecular formula is C30H45NO2S. The lowest BCUT2D eigenvalue weighted by Gasteiger charge is -2.54. The summed E-state index contributed by atoms with van der Waals surface area (Å²) in [5, 5.41) is 0. The molecule has 0 aliphatic heterocycles. The zero-order valence-corrected chi connectivity index (χ0v) is 22.6. The van der Waals surface area contributed by atoms with Gasteiger partial charge in [0.25, 0.3) is 0 Å². The SMILES string of the molecule is CC(C)=CCC/C(C)=C/CN(CCCC1C2CC3CC(C2)CC1C3)S(=O)(=O)c1ccc(C)cc1. The van der Waals surface area contributed by atoms with Gasteiger partial charge in [-0.3, -0.25) is 0 Å². The van der Waals surface area contributed by atoms with Crippen molar-refractivity contribution in [3.05, 3.63) is 53.1 Å². The van der Waals surface area contributed by atoms with Gasteiger partial charge in [-0.15, -0.1) is 0 Å². The van der Waals surface area contributed by atoms with Crippen molar-refractivity contribution in [1.82, 2.24) is 4.31 Å². The van der Waals surface area contributed by atoms with Crippen molar-refractivity contribution in [2.24, 2.45) is 29.6 Å². The first kappa shape index (κ1) is 25.7. The van der Waals surface area contributed by atoms with E-state index in [1.54, 1.807) is 16.4 Å². The quantitative estimate of drug-likeness (QED) is 0.305. The summed E-state index contributed by atoms with van der Waals surface area (Å²) < 4.78 is 28.9. The highest BCUT2D eigenvalue weighted by Crippen LogP contribution is 2.57. The summed E-state index contributed by atoms with van der Waals surface area (Å²) >= 11 is 0. The maximum absolute atomic E-state index is 13.6. The lowest BCUT2D eigenvalue weighted by atomic mass is 9.51. The van der Waals surface area contributed by atoms with Crippen LogP contribution in [0.1, 0.15) is 84.1 Å². The number of hydrogen-bond acceptors (Lipinski definition) is 2. The van der Waals surface area contributed by atoms with E-state index in [0.717, 1.165) is 54.4 Å². The topological polar surface area (TPSA) is 37.4 Å². The molecule has 4 saturated carbocycles. The zero-order chi connectivity index (χ0) is 24.3. The first-order valence-electron chi connectivity index (χ1n) is 13.6. The maximum atomic E-state index is 13.6. The van der Waals surface area contributed by atoms with Gasteiger partial charge in [0.05, 0.1) is 4.90 Å². The molecule has 1 aromatic carbocycles. The second-order valence-electron chi connectivity index (χ2n) is 11.8. The Morgan fingerprint density at radius 2 is 1.56 bits per heavy atom. The third kappa shape index (κ3) is 6.23. The number of aryl methyl sites for hydroxylation is 1. The van der Waals surface area contributed by atoms with Crippen LogP contribution < -0.4 is 0 Å². The maximum Gasteiger partial charge on any atom is 0.243 e. The molecule has 1 aromatic rings. The molecule has 5 rings (SSSR count). The third-order valence-electron chi connectivity index (χ3n) is 8.76. The monoisotopic (exact) mass is 483 g/mol. The molecule has 4 fully saturated rings. The first-order chi connectivity index (χ1) is 16.2. The predicted octanol–water partition coefficient (Wildman–Crippen LogP) is 7.53. The molecule has 0 saturated heterocycles. The van der Waals surface area contributed by atoms with Crippen LogP contribution in [0.3, 0.4) is 0 Å². The van der Waals surface area contributed by atoms with Gasteiger partial charge in [-0.1, -0.05) is 41.0 Å². The lowest BCUT2D eigenvalue weighted by Crippen LogP contribution is -2.45. The van der Waals surface area contributed by atoms with Crippen LogP contribution in [0.5, 0.6) is 0 Å². The van der Waals surface area contributed by atoms with Crippen molar-refractivity contribution in [1.29, 1.82) is 0 Å². The number of allylic oxidation sites excluding steroid dienone is 3. The number of rotatable bonds is 11. The van der Waals surface area contributed by atoms with Crippen LogP contribution in [0, 0.1) is 36.5 Å². The average Bonchev–Trinajstić information content (AvgIpc) is 2.77. The van der Waals surface area contributed by atoms with Gasteiger partial charge in [0, 0.05) is 13.1 Å². The van der Waals surface area contributed by atoms with Crippen LogP contribution in [0.4, 0.5) is 0 Å². The molecule has 34 heavy (non-hydrogen) atoms. The van der Waals surface area contributed by atoms with Crippen LogP contribution in [0.15, 0.2) is 52.5 Å². The van der Waals surface area contributed by atoms with Crippen LogP contribution in [-0.2, 0) is 10.0 Å². The number of benzene rings is 1. The van der Waals surface area contributed by atoms with Gasteiger partial charge in [0.15, 0.2) is 0 Å². The molecule has 188 valence electrons. The van der Waals surface area contributed by atoms with Crippen molar-refractivity contribution in [3.63, 3.8) is 0 Å². The van der Waals surface area contributed by atoms with E-state index >= 15 is 0 Å². The Hall–Kier alpha value is -1.39. The standard InChI is InChI=1S/C30H45NO2S/c1-22(2)7-5-8-23(3)14-16-31(34(32,33)29-12-10-24(4)11-13-29)15-6-9-30-27-18-25-17-26(20-27)21-28(30)19-25/h7,10-14,25-28,30H,5-6,8-9,15-21H2,1-4H3/b23-14+. The largest absolute Gasteiger partial charge is 0.243 e. The van der Waals surface area contributed by atoms with Crippen LogP contribution in [-0.4, -0.2) is 25.8 Å². The van der Waals surface area contributed by atoms with Crippen molar-refractivity contribution >= 4 is 10.0 Å². The molecule has 0 atom stereocenters. The second kappa shape index (κ2) is 11.1. The Balaban J connectivity index is 1.41. The average molecular weight is 484 g/mol. The van der Waals surface area contributed by atoms with Gasteiger partial charge in [0.2, 0.25) is 10.0 Å². The van der Waals surface area contributed by atoms with Crippen LogP contribution in [0.25, 0.3) is 0 Å². The molecule has 0 N–H and O–H groups in total. The molecular weight excluding hydrogens is 438 g/mol. The third-order valence-corrected chi connectivity index (χ3v) is 10.6. The normalized spacial score (nSPS) is 28.5. The van der Waals surface area contributed by atoms with Gasteiger partial charge in [-0.25, -0.2) is 8.42 Å². The summed E-state index contributed by atoms with van der Waals surface area (Å²) in [6.07, 6.45) is 15.8. The van der Waals surface area contributed by atoms with Gasteiger partial charge >= 0.3 is 0 Å². The molecule has 0 amide bonds. The van der Waals surface area contributed by atoms with E-state index in [2.05, 4.69) is 32.9 Å². The van der Waals surface area contributed by atoms with E-state index in [9.17, 15) is 8.42 Å². The van der Waals surface area contributed by atoms with E-state index in [4.69, 9.17) is 0 Å². The van der Waals surface area contributed by atoms with E-state index in [0.29, 0.717) is 18.0 Å². The van der Waals surface area contributed by atoms with Crippen LogP contribution >= 0.6 is 0 Å². The molecule has 4 aliphatic carbocycles. The highest BCUT2D eigenvalue weighted by molar-refractivity contribution is 7.89. The van der Waals surface area contributed by atoms with Gasteiger partial charge in [0.1, 0.15) is 0 Å². The smallest absolute Gasteiger partial charge is 0.207 e. The zero-order valence-electron chi connectivity index (χ0n) is 21.8. The Morgan fingerprint density at radius 3 is 2.15 bits per heavy atom. The van der Waals surface area contributed by atoms with E-state index in [1.165, 1.54) is 49.7 Å². The summed E-state index contributed by atoms with van der Waals surface area (Å²) in [4.78, 5) is 0.420. The fourth-order valence-electron chi connectivity index (χ4n) is 7.13. The van der Waals surface area contributed by atoms with E-state index in [1.807, 2.05) is 19.1 Å². The molecule has 0 unspecified atom stereocenters. The summed E-state index contributed by atoms with van der Waals surface area (Å²) in [5.41, 5.74) is 3.69. The summed E-state index contributed by atoms with van der Waals surface area (Å²) in [7, 11) is -3.49. The highest BCUT2D eigenvalue weighted by Gasteiger charge is 2.47. The van der Waals surface area contributed by atoms with Crippen molar-refractivity contribution in [3.8, 4) is 0 Å². The van der Waals surface area contributed by atoms with Gasteiger partial charge in [-0.2, -0.15) is 4.31 Å². The predicted molar refractivity (Wildman–Crippen MR) is 142 cm³/mol. The number of hydrogen-bond donors (Lipinski definition) is 0. The molecule has 0 aromatic heterocycles. The summed E-state index contributed by atoms with van der Waals surface area (Å²) in [6, 6.07) is 7.34. The van der Waals surface area contributed by atoms with E-state index in [-0.39, 0.29) is 0 Å². The minimum Gasteiger partial charge on any atom is -0.207 e. The summed E-state index contributed by atoms with van der Waals surface area (Å²) in [5.74, 6) is 4.65. The molecule has 4 aliphatic rings. The summed E-state index contributed by atoms with van der Waals surface area (Å²) in [6.45, 7) is 9.47. The van der Waals surface area contributed by atoms with Gasteiger partial charge in [-0.05, 0) is 127 Å². The number of nitrogens with zero attached hydrogens (tertiary/aromatic N) is 1. The first-order valence-corrected chi connectivity index (χ1v) is 15.0. The van der Waals surface area contributed by atoms with E-state index < -0.39 is 10.0 Å². The molecule has 0 radical (unpaired) electrons. The molecule has 3 nitrogen and oxygen atoms in total. The Bertz CT molecular complexity index is 957. The lowest BCUT2D eigenvalue weighted by molar-refractivity contribution is -0.0405. The van der Waals surface area contributed by atoms with Crippen molar-refractivity contribution in [2.75, 3.05) is 13.1 Å². The van der Waals surface area contributed by atoms with Crippen LogP contribution in [0.2, 0.25) is 0 Å². The molecule has 4 bridgehead atoms. The Labute approximate surface area is 208 Å². The molecule has 4 heteroatoms. The highest BCUT2D eigenvalue weighted by atomic mass is 32.2. The minimum absolute atomic E-state index is 0.420. The minimum atomic E-state index is -3.49. The fourth-order valence-corrected chi connectivity index (χ4v) is 8.55. The molecule has 0 heterocycles. The second-order valence-corrected chi connectivity index (χ2v) is 13.7. The molecule has 0 spiro atoms. The van der Waals surface area contributed by atoms with Crippen molar-refractivity contribution in [2.45, 2.75) is 90.4 Å². The Kier molecular flexibility index (Phi) is 8.40.